The molecule has 0 aromatic heterocycles. The van der Waals surface area contributed by atoms with Crippen molar-refractivity contribution in [2.75, 3.05) is 18.6 Å². The van der Waals surface area contributed by atoms with Crippen molar-refractivity contribution in [3.63, 3.8) is 0 Å². The first-order valence-electron chi connectivity index (χ1n) is 11.5. The number of amides is 1. The van der Waals surface area contributed by atoms with Crippen molar-refractivity contribution in [2.45, 2.75) is 38.1 Å². The molecule has 3 aromatic carbocycles. The minimum atomic E-state index is -0.433. The van der Waals surface area contributed by atoms with Crippen LogP contribution in [0.3, 0.4) is 0 Å². The number of hydrogen-bond acceptors (Lipinski definition) is 6. The summed E-state index contributed by atoms with van der Waals surface area (Å²) in [6.07, 6.45) is 7.24. The summed E-state index contributed by atoms with van der Waals surface area (Å²) in [4.78, 5) is 25.3. The number of hydrogen-bond donors (Lipinski definition) is 1. The molecule has 0 unspecified atom stereocenters. The maximum atomic E-state index is 12.2. The Kier molecular flexibility index (Phi) is 7.37. The largest absolute Gasteiger partial charge is 0.484 e. The minimum absolute atomic E-state index is 0.0202. The molecule has 1 amide bonds. The average molecular weight is 461 g/mol. The number of carbonyl (C=O) groups is 1. The number of nitro benzene ring substituents is 1. The van der Waals surface area contributed by atoms with Crippen molar-refractivity contribution in [1.29, 1.82) is 0 Å². The topological polar surface area (TPSA) is 97.1 Å². The second-order valence-corrected chi connectivity index (χ2v) is 8.49. The summed E-state index contributed by atoms with van der Waals surface area (Å²) in [6, 6.07) is 18.6. The van der Waals surface area contributed by atoms with Gasteiger partial charge in [0.25, 0.3) is 11.6 Å². The van der Waals surface area contributed by atoms with Crippen LogP contribution < -0.4 is 15.1 Å². The lowest BCUT2D eigenvalue weighted by Crippen LogP contribution is -2.34. The molecule has 3 aromatic rings. The molecule has 0 heterocycles. The second-order valence-electron chi connectivity index (χ2n) is 8.49. The normalized spacial score (nSPS) is 14.3. The van der Waals surface area contributed by atoms with Crippen molar-refractivity contribution in [3.8, 4) is 5.75 Å². The summed E-state index contributed by atoms with van der Waals surface area (Å²) in [6.45, 7) is -0.195. The maximum absolute atomic E-state index is 12.2. The van der Waals surface area contributed by atoms with E-state index >= 15 is 0 Å². The molecular weight excluding hydrogens is 432 g/mol. The van der Waals surface area contributed by atoms with Crippen LogP contribution in [0.1, 0.15) is 37.7 Å². The van der Waals surface area contributed by atoms with Gasteiger partial charge in [0.2, 0.25) is 0 Å². The van der Waals surface area contributed by atoms with Crippen molar-refractivity contribution < 1.29 is 14.5 Å². The fourth-order valence-corrected chi connectivity index (χ4v) is 4.36. The lowest BCUT2D eigenvalue weighted by Gasteiger charge is -2.33. The molecule has 1 saturated carbocycles. The van der Waals surface area contributed by atoms with E-state index in [0.717, 1.165) is 29.3 Å². The smallest absolute Gasteiger partial charge is 0.277 e. The number of non-ortho nitro benzene ring substituents is 1. The third kappa shape index (κ3) is 5.70. The fourth-order valence-electron chi connectivity index (χ4n) is 4.36. The Hall–Kier alpha value is -3.94. The number of nitro groups is 1. The summed E-state index contributed by atoms with van der Waals surface area (Å²) < 4.78 is 5.59. The molecule has 0 atom stereocenters. The van der Waals surface area contributed by atoms with Gasteiger partial charge in [-0.2, -0.15) is 5.10 Å². The summed E-state index contributed by atoms with van der Waals surface area (Å²) in [5.41, 5.74) is 3.86. The number of hydrazone groups is 1. The van der Waals surface area contributed by atoms with Gasteiger partial charge in [-0.25, -0.2) is 5.43 Å². The molecule has 1 fully saturated rings. The average Bonchev–Trinajstić information content (AvgIpc) is 2.87. The number of ether oxygens (including phenoxy) is 1. The van der Waals surface area contributed by atoms with Gasteiger partial charge < -0.3 is 9.64 Å². The quantitative estimate of drug-likeness (QED) is 0.288. The molecule has 34 heavy (non-hydrogen) atoms. The van der Waals surface area contributed by atoms with Gasteiger partial charge in [-0.05, 0) is 41.8 Å². The molecule has 8 nitrogen and oxygen atoms in total. The molecular formula is C26H28N4O4. The molecule has 1 N–H and O–H groups in total. The zero-order valence-electron chi connectivity index (χ0n) is 19.1. The second kappa shape index (κ2) is 10.8. The third-order valence-electron chi connectivity index (χ3n) is 6.21. The first kappa shape index (κ1) is 23.2. The van der Waals surface area contributed by atoms with E-state index in [9.17, 15) is 14.9 Å². The van der Waals surface area contributed by atoms with Crippen LogP contribution in [0.25, 0.3) is 10.8 Å². The number of rotatable bonds is 8. The van der Waals surface area contributed by atoms with E-state index in [1.54, 1.807) is 6.07 Å². The van der Waals surface area contributed by atoms with Crippen molar-refractivity contribution in [1.82, 2.24) is 5.43 Å². The molecule has 0 aliphatic heterocycles. The van der Waals surface area contributed by atoms with Crippen molar-refractivity contribution in [2.24, 2.45) is 5.10 Å². The highest BCUT2D eigenvalue weighted by Gasteiger charge is 2.21. The summed E-state index contributed by atoms with van der Waals surface area (Å²) in [7, 11) is 2.00. The lowest BCUT2D eigenvalue weighted by atomic mass is 9.94. The van der Waals surface area contributed by atoms with E-state index in [1.165, 1.54) is 37.6 Å². The van der Waals surface area contributed by atoms with Crippen LogP contribution in [0.4, 0.5) is 11.4 Å². The molecule has 0 radical (unpaired) electrons. The maximum Gasteiger partial charge on any atom is 0.277 e. The predicted molar refractivity (Wildman–Crippen MR) is 134 cm³/mol. The zero-order chi connectivity index (χ0) is 23.9. The van der Waals surface area contributed by atoms with Crippen LogP contribution >= 0.6 is 0 Å². The Morgan fingerprint density at radius 3 is 2.65 bits per heavy atom. The Morgan fingerprint density at radius 2 is 1.88 bits per heavy atom. The summed E-state index contributed by atoms with van der Waals surface area (Å²) in [5.74, 6) is 0.171. The molecule has 0 bridgehead atoms. The molecule has 0 saturated heterocycles. The van der Waals surface area contributed by atoms with Crippen LogP contribution in [-0.2, 0) is 4.79 Å². The van der Waals surface area contributed by atoms with Gasteiger partial charge in [0.05, 0.1) is 11.1 Å². The molecule has 1 aliphatic carbocycles. The van der Waals surface area contributed by atoms with Gasteiger partial charge in [0.15, 0.2) is 6.61 Å². The van der Waals surface area contributed by atoms with E-state index < -0.39 is 10.8 Å². The van der Waals surface area contributed by atoms with E-state index in [2.05, 4.69) is 15.4 Å². The standard InChI is InChI=1S/C26H28N4O4/c1-29(22-9-3-2-4-10-22)25-14-12-23(30(32)33)15-21(25)17-27-28-26(31)18-34-24-13-11-19-7-5-6-8-20(19)16-24/h5-8,11-17,22H,2-4,9-10,18H2,1H3,(H,28,31). The Bertz CT molecular complexity index is 1200. The highest BCUT2D eigenvalue weighted by Crippen LogP contribution is 2.30. The van der Waals surface area contributed by atoms with Crippen LogP contribution in [0.15, 0.2) is 65.8 Å². The van der Waals surface area contributed by atoms with Gasteiger partial charge in [-0.1, -0.05) is 49.6 Å². The predicted octanol–water partition coefficient (Wildman–Crippen LogP) is 5.05. The number of nitrogens with zero attached hydrogens (tertiary/aromatic N) is 3. The number of fused-ring (bicyclic) bond motifs is 1. The van der Waals surface area contributed by atoms with Crippen molar-refractivity contribution >= 4 is 34.3 Å². The van der Waals surface area contributed by atoms with Gasteiger partial charge in [0.1, 0.15) is 5.75 Å². The van der Waals surface area contributed by atoms with Gasteiger partial charge in [0, 0.05) is 36.5 Å². The first-order valence-corrected chi connectivity index (χ1v) is 11.5. The number of benzene rings is 3. The third-order valence-corrected chi connectivity index (χ3v) is 6.21. The molecule has 0 spiro atoms. The van der Waals surface area contributed by atoms with Crippen LogP contribution in [0, 0.1) is 10.1 Å². The Labute approximate surface area is 198 Å². The van der Waals surface area contributed by atoms with Crippen LogP contribution in [0.2, 0.25) is 0 Å². The molecule has 8 heteroatoms. The van der Waals surface area contributed by atoms with Gasteiger partial charge in [-0.3, -0.25) is 14.9 Å². The van der Waals surface area contributed by atoms with E-state index in [-0.39, 0.29) is 12.3 Å². The first-order chi connectivity index (χ1) is 16.5. The van der Waals surface area contributed by atoms with E-state index in [1.807, 2.05) is 49.5 Å². The molecule has 1 aliphatic rings. The fraction of sp³-hybridized carbons (Fsp3) is 0.308. The minimum Gasteiger partial charge on any atom is -0.484 e. The summed E-state index contributed by atoms with van der Waals surface area (Å²) >= 11 is 0. The number of nitrogens with one attached hydrogen (secondary N) is 1. The highest BCUT2D eigenvalue weighted by atomic mass is 16.6. The molecule has 4 rings (SSSR count). The van der Waals surface area contributed by atoms with E-state index in [0.29, 0.717) is 17.4 Å². The van der Waals surface area contributed by atoms with Gasteiger partial charge in [-0.15, -0.1) is 0 Å². The Morgan fingerprint density at radius 1 is 1.12 bits per heavy atom. The van der Waals surface area contributed by atoms with Crippen LogP contribution in [-0.4, -0.2) is 36.7 Å². The summed E-state index contributed by atoms with van der Waals surface area (Å²) in [5, 5.41) is 17.4. The number of anilines is 1. The van der Waals surface area contributed by atoms with Crippen molar-refractivity contribution in [3.05, 3.63) is 76.3 Å². The lowest BCUT2D eigenvalue weighted by molar-refractivity contribution is -0.384. The Balaban J connectivity index is 1.41. The monoisotopic (exact) mass is 460 g/mol. The zero-order valence-corrected chi connectivity index (χ0v) is 19.1. The molecule has 176 valence electrons. The highest BCUT2D eigenvalue weighted by molar-refractivity contribution is 5.90. The SMILES string of the molecule is CN(c1ccc([N+](=O)[O-])cc1C=NNC(=O)COc1ccc2ccccc2c1)C1CCCCC1. The van der Waals surface area contributed by atoms with Gasteiger partial charge >= 0.3 is 0 Å². The van der Waals surface area contributed by atoms with Crippen LogP contribution in [0.5, 0.6) is 5.75 Å². The van der Waals surface area contributed by atoms with E-state index in [4.69, 9.17) is 4.74 Å². The number of carbonyl (C=O) groups excluding carboxylic acids is 1.